The van der Waals surface area contributed by atoms with Gasteiger partial charge in [-0.3, -0.25) is 0 Å². The normalized spacial score (nSPS) is 18.7. The third kappa shape index (κ3) is 2.96. The second-order valence-corrected chi connectivity index (χ2v) is 6.38. The van der Waals surface area contributed by atoms with Crippen LogP contribution < -0.4 is 5.32 Å². The Balaban J connectivity index is 2.05. The molecule has 1 atom stereocenters. The van der Waals surface area contributed by atoms with Crippen LogP contribution in [0.1, 0.15) is 44.7 Å². The van der Waals surface area contributed by atoms with Gasteiger partial charge < -0.3 is 5.32 Å². The molecule has 0 saturated heterocycles. The molecule has 0 radical (unpaired) electrons. The minimum absolute atomic E-state index is 0.191. The predicted octanol–water partition coefficient (Wildman–Crippen LogP) is 5.49. The summed E-state index contributed by atoms with van der Waals surface area (Å²) in [4.78, 5) is 0. The van der Waals surface area contributed by atoms with Crippen LogP contribution in [0.3, 0.4) is 0 Å². The summed E-state index contributed by atoms with van der Waals surface area (Å²) < 4.78 is 0. The Hall–Kier alpha value is 0.0500. The van der Waals surface area contributed by atoms with Crippen LogP contribution in [0, 0.1) is 5.41 Å². The average Bonchev–Trinajstić information content (AvgIpc) is 3.14. The molecule has 1 aliphatic rings. The van der Waals surface area contributed by atoms with Crippen LogP contribution in [0.4, 0.5) is 0 Å². The monoisotopic (exact) mass is 305 g/mol. The quantitative estimate of drug-likeness (QED) is 0.709. The van der Waals surface area contributed by atoms with Gasteiger partial charge in [-0.1, -0.05) is 47.8 Å². The van der Waals surface area contributed by atoms with Gasteiger partial charge in [0.15, 0.2) is 0 Å². The summed E-state index contributed by atoms with van der Waals surface area (Å²) in [5, 5.41) is 5.06. The summed E-state index contributed by atoms with van der Waals surface area (Å²) in [6.07, 6.45) is 3.90. The summed E-state index contributed by atoms with van der Waals surface area (Å²) >= 11 is 18.2. The molecule has 1 aromatic rings. The molecule has 1 saturated carbocycles. The van der Waals surface area contributed by atoms with Gasteiger partial charge in [0.05, 0.1) is 15.1 Å². The van der Waals surface area contributed by atoms with Crippen LogP contribution in [0.5, 0.6) is 0 Å². The van der Waals surface area contributed by atoms with E-state index in [0.717, 1.165) is 12.1 Å². The lowest BCUT2D eigenvalue weighted by Gasteiger charge is -2.20. The average molecular weight is 307 g/mol. The summed E-state index contributed by atoms with van der Waals surface area (Å²) in [6.45, 7) is 5.41. The van der Waals surface area contributed by atoms with Crippen LogP contribution in [0.15, 0.2) is 12.1 Å². The van der Waals surface area contributed by atoms with E-state index >= 15 is 0 Å². The van der Waals surface area contributed by atoms with Gasteiger partial charge in [-0.2, -0.15) is 0 Å². The smallest absolute Gasteiger partial charge is 0.0781 e. The molecule has 0 aliphatic heterocycles. The first kappa shape index (κ1) is 14.5. The molecule has 1 aliphatic carbocycles. The van der Waals surface area contributed by atoms with Gasteiger partial charge in [-0.25, -0.2) is 0 Å². The molecule has 18 heavy (non-hydrogen) atoms. The van der Waals surface area contributed by atoms with E-state index in [-0.39, 0.29) is 6.04 Å². The van der Waals surface area contributed by atoms with Crippen LogP contribution >= 0.6 is 34.8 Å². The molecule has 0 heterocycles. The highest BCUT2D eigenvalue weighted by Gasteiger charge is 2.40. The minimum atomic E-state index is 0.191. The first-order chi connectivity index (χ1) is 8.49. The second kappa shape index (κ2) is 5.58. The second-order valence-electron chi connectivity index (χ2n) is 5.22. The standard InChI is InChI=1S/C14H18Cl3N/c1-3-14(6-7-14)8-18-9(2)10-4-5-11(15)13(17)12(10)16/h4-5,9,18H,3,6-8H2,1-2H3. The van der Waals surface area contributed by atoms with Gasteiger partial charge in [0.1, 0.15) is 0 Å². The fourth-order valence-corrected chi connectivity index (χ4v) is 2.89. The van der Waals surface area contributed by atoms with Crippen molar-refractivity contribution in [3.05, 3.63) is 32.8 Å². The lowest BCUT2D eigenvalue weighted by atomic mass is 10.0. The van der Waals surface area contributed by atoms with Crippen molar-refractivity contribution in [2.45, 2.75) is 39.2 Å². The highest BCUT2D eigenvalue weighted by atomic mass is 35.5. The topological polar surface area (TPSA) is 12.0 Å². The molecule has 1 N–H and O–H groups in total. The predicted molar refractivity (Wildman–Crippen MR) is 79.8 cm³/mol. The Morgan fingerprint density at radius 3 is 2.44 bits per heavy atom. The number of benzene rings is 1. The van der Waals surface area contributed by atoms with Crippen molar-refractivity contribution in [3.8, 4) is 0 Å². The van der Waals surface area contributed by atoms with Gasteiger partial charge in [-0.05, 0) is 43.2 Å². The molecular formula is C14H18Cl3N. The van der Waals surface area contributed by atoms with Crippen molar-refractivity contribution in [1.82, 2.24) is 5.32 Å². The van der Waals surface area contributed by atoms with Crippen molar-refractivity contribution < 1.29 is 0 Å². The lowest BCUT2D eigenvalue weighted by molar-refractivity contribution is 0.415. The zero-order valence-electron chi connectivity index (χ0n) is 10.7. The molecule has 1 unspecified atom stereocenters. The fraction of sp³-hybridized carbons (Fsp3) is 0.571. The Morgan fingerprint density at radius 1 is 1.22 bits per heavy atom. The first-order valence-corrected chi connectivity index (χ1v) is 7.49. The van der Waals surface area contributed by atoms with E-state index in [1.54, 1.807) is 6.07 Å². The third-order valence-corrected chi connectivity index (χ3v) is 5.33. The van der Waals surface area contributed by atoms with Crippen LogP contribution in [-0.2, 0) is 0 Å². The molecule has 1 nitrogen and oxygen atoms in total. The summed E-state index contributed by atoms with van der Waals surface area (Å²) in [7, 11) is 0. The van der Waals surface area contributed by atoms with Gasteiger partial charge in [-0.15, -0.1) is 0 Å². The number of hydrogen-bond donors (Lipinski definition) is 1. The maximum Gasteiger partial charge on any atom is 0.0781 e. The Bertz CT molecular complexity index is 441. The third-order valence-electron chi connectivity index (χ3n) is 4.02. The molecule has 0 spiro atoms. The van der Waals surface area contributed by atoms with Crippen LogP contribution in [-0.4, -0.2) is 6.54 Å². The van der Waals surface area contributed by atoms with Gasteiger partial charge >= 0.3 is 0 Å². The van der Waals surface area contributed by atoms with Crippen molar-refractivity contribution >= 4 is 34.8 Å². The molecule has 2 rings (SSSR count). The number of nitrogens with one attached hydrogen (secondary N) is 1. The molecular weight excluding hydrogens is 289 g/mol. The highest BCUT2D eigenvalue weighted by molar-refractivity contribution is 6.48. The van der Waals surface area contributed by atoms with Crippen LogP contribution in [0.2, 0.25) is 15.1 Å². The Morgan fingerprint density at radius 2 is 1.89 bits per heavy atom. The van der Waals surface area contributed by atoms with Crippen molar-refractivity contribution in [3.63, 3.8) is 0 Å². The maximum atomic E-state index is 6.24. The largest absolute Gasteiger partial charge is 0.310 e. The lowest BCUT2D eigenvalue weighted by Crippen LogP contribution is -2.26. The molecule has 100 valence electrons. The summed E-state index contributed by atoms with van der Waals surface area (Å²) in [5.41, 5.74) is 1.54. The molecule has 1 fully saturated rings. The molecule has 4 heteroatoms. The van der Waals surface area contributed by atoms with E-state index in [9.17, 15) is 0 Å². The van der Waals surface area contributed by atoms with Crippen molar-refractivity contribution in [2.24, 2.45) is 5.41 Å². The van der Waals surface area contributed by atoms with E-state index in [4.69, 9.17) is 34.8 Å². The molecule has 1 aromatic carbocycles. The number of halogens is 3. The zero-order chi connectivity index (χ0) is 13.3. The van der Waals surface area contributed by atoms with Crippen LogP contribution in [0.25, 0.3) is 0 Å². The Labute approximate surface area is 124 Å². The maximum absolute atomic E-state index is 6.24. The van der Waals surface area contributed by atoms with E-state index in [1.165, 1.54) is 19.3 Å². The van der Waals surface area contributed by atoms with E-state index in [0.29, 0.717) is 20.5 Å². The SMILES string of the molecule is CCC1(CNC(C)c2ccc(Cl)c(Cl)c2Cl)CC1. The fourth-order valence-electron chi connectivity index (χ4n) is 2.19. The van der Waals surface area contributed by atoms with Gasteiger partial charge in [0.25, 0.3) is 0 Å². The summed E-state index contributed by atoms with van der Waals surface area (Å²) in [6, 6.07) is 3.94. The van der Waals surface area contributed by atoms with Crippen molar-refractivity contribution in [1.29, 1.82) is 0 Å². The van der Waals surface area contributed by atoms with Gasteiger partial charge in [0.2, 0.25) is 0 Å². The van der Waals surface area contributed by atoms with E-state index in [1.807, 2.05) is 6.07 Å². The number of hydrogen-bond acceptors (Lipinski definition) is 1. The van der Waals surface area contributed by atoms with E-state index in [2.05, 4.69) is 19.2 Å². The summed E-state index contributed by atoms with van der Waals surface area (Å²) in [5.74, 6) is 0. The van der Waals surface area contributed by atoms with Gasteiger partial charge in [0, 0.05) is 12.6 Å². The highest BCUT2D eigenvalue weighted by Crippen LogP contribution is 2.48. The minimum Gasteiger partial charge on any atom is -0.310 e. The zero-order valence-corrected chi connectivity index (χ0v) is 13.0. The molecule has 0 aromatic heterocycles. The van der Waals surface area contributed by atoms with Crippen molar-refractivity contribution in [2.75, 3.05) is 6.54 Å². The Kier molecular flexibility index (Phi) is 4.48. The number of rotatable bonds is 5. The molecule has 0 bridgehead atoms. The first-order valence-electron chi connectivity index (χ1n) is 6.36. The van der Waals surface area contributed by atoms with E-state index < -0.39 is 0 Å². The molecule has 0 amide bonds.